The minimum atomic E-state index is -4.28. The Bertz CT molecular complexity index is 1490. The summed E-state index contributed by atoms with van der Waals surface area (Å²) in [5, 5.41) is 2.01. The monoisotopic (exact) mass is 651 g/mol. The summed E-state index contributed by atoms with van der Waals surface area (Å²) in [5.74, 6) is -1.21. The number of carbonyl (C=O) groups is 4. The number of benzene rings is 2. The summed E-state index contributed by atoms with van der Waals surface area (Å²) >= 11 is 4.02. The van der Waals surface area contributed by atoms with E-state index in [9.17, 15) is 27.6 Å². The van der Waals surface area contributed by atoms with Crippen LogP contribution in [0.25, 0.3) is 6.08 Å². The third kappa shape index (κ3) is 6.85. The maximum Gasteiger partial charge on any atom is 0.339 e. The average molecular weight is 653 g/mol. The highest BCUT2D eigenvalue weighted by Crippen LogP contribution is 2.40. The molecule has 0 bridgehead atoms. The molecule has 2 heterocycles. The molecule has 0 unspecified atom stereocenters. The number of thioether (sulfide) groups is 1. The van der Waals surface area contributed by atoms with Crippen LogP contribution >= 0.6 is 27.7 Å². The molecule has 0 spiro atoms. The zero-order chi connectivity index (χ0) is 29.0. The maximum absolute atomic E-state index is 12.9. The van der Waals surface area contributed by atoms with Crippen molar-refractivity contribution in [2.75, 3.05) is 32.1 Å². The molecule has 0 saturated carbocycles. The molecule has 2 aliphatic rings. The minimum absolute atomic E-state index is 0.0542. The van der Waals surface area contributed by atoms with Gasteiger partial charge >= 0.3 is 10.1 Å². The molecule has 1 N–H and O–H groups in total. The topological polar surface area (TPSA) is 139 Å². The quantitative estimate of drug-likeness (QED) is 0.328. The van der Waals surface area contributed by atoms with E-state index < -0.39 is 21.3 Å². The van der Waals surface area contributed by atoms with Crippen molar-refractivity contribution in [3.05, 3.63) is 51.3 Å². The Hall–Kier alpha value is -3.36. The average Bonchev–Trinajstić information content (AvgIpc) is 3.17. The van der Waals surface area contributed by atoms with Crippen LogP contribution in [0.15, 0.2) is 50.7 Å². The number of halogens is 1. The highest BCUT2D eigenvalue weighted by molar-refractivity contribution is 9.10. The summed E-state index contributed by atoms with van der Waals surface area (Å²) in [6.45, 7) is 2.26. The summed E-state index contributed by atoms with van der Waals surface area (Å²) in [4.78, 5) is 51.8. The first-order valence-electron chi connectivity index (χ1n) is 12.2. The highest BCUT2D eigenvalue weighted by atomic mass is 79.9. The number of likely N-dealkylation sites (tertiary alicyclic amines) is 1. The zero-order valence-electron chi connectivity index (χ0n) is 21.6. The van der Waals surface area contributed by atoms with Gasteiger partial charge in [-0.05, 0) is 95.0 Å². The Kier molecular flexibility index (Phi) is 9.21. The van der Waals surface area contributed by atoms with Gasteiger partial charge in [0.05, 0.1) is 16.5 Å². The van der Waals surface area contributed by atoms with Crippen molar-refractivity contribution in [2.24, 2.45) is 0 Å². The van der Waals surface area contributed by atoms with Crippen molar-refractivity contribution in [1.82, 2.24) is 9.80 Å². The number of anilines is 1. The number of amides is 4. The number of ether oxygens (including phenoxy) is 1. The third-order valence-corrected chi connectivity index (χ3v) is 8.81. The number of piperidine rings is 1. The van der Waals surface area contributed by atoms with Crippen LogP contribution in [-0.2, 0) is 24.5 Å². The van der Waals surface area contributed by atoms with Crippen LogP contribution in [0.4, 0.5) is 10.5 Å². The number of carbonyl (C=O) groups excluding carboxylic acids is 4. The lowest BCUT2D eigenvalue weighted by molar-refractivity contribution is -0.136. The van der Waals surface area contributed by atoms with E-state index in [1.54, 1.807) is 4.90 Å². The number of rotatable bonds is 8. The summed E-state index contributed by atoms with van der Waals surface area (Å²) in [5.41, 5.74) is 0.857. The molecule has 0 aliphatic carbocycles. The predicted molar refractivity (Wildman–Crippen MR) is 152 cm³/mol. The van der Waals surface area contributed by atoms with Crippen molar-refractivity contribution in [3.63, 3.8) is 0 Å². The molecule has 0 radical (unpaired) electrons. The molecule has 14 heteroatoms. The van der Waals surface area contributed by atoms with Gasteiger partial charge in [-0.2, -0.15) is 8.42 Å². The first-order chi connectivity index (χ1) is 19.0. The molecule has 2 aromatic carbocycles. The summed E-state index contributed by atoms with van der Waals surface area (Å²) < 4.78 is 36.8. The molecule has 40 heavy (non-hydrogen) atoms. The molecule has 2 aliphatic heterocycles. The van der Waals surface area contributed by atoms with Crippen LogP contribution in [0.5, 0.6) is 11.5 Å². The highest BCUT2D eigenvalue weighted by Gasteiger charge is 2.37. The van der Waals surface area contributed by atoms with E-state index in [2.05, 4.69) is 21.2 Å². The van der Waals surface area contributed by atoms with Crippen molar-refractivity contribution in [1.29, 1.82) is 0 Å². The Balaban J connectivity index is 1.52. The lowest BCUT2D eigenvalue weighted by Gasteiger charge is -2.27. The fourth-order valence-electron chi connectivity index (χ4n) is 4.14. The van der Waals surface area contributed by atoms with E-state index in [0.717, 1.165) is 35.9 Å². The van der Waals surface area contributed by atoms with Crippen molar-refractivity contribution >= 4 is 72.5 Å². The zero-order valence-corrected chi connectivity index (χ0v) is 24.9. The third-order valence-electron chi connectivity index (χ3n) is 6.08. The number of imide groups is 1. The minimum Gasteiger partial charge on any atom is -0.493 e. The van der Waals surface area contributed by atoms with E-state index in [-0.39, 0.29) is 44.1 Å². The van der Waals surface area contributed by atoms with E-state index in [1.807, 2.05) is 0 Å². The van der Waals surface area contributed by atoms with Gasteiger partial charge in [0.25, 0.3) is 11.1 Å². The van der Waals surface area contributed by atoms with Gasteiger partial charge in [0.15, 0.2) is 11.5 Å². The van der Waals surface area contributed by atoms with E-state index in [1.165, 1.54) is 56.5 Å². The van der Waals surface area contributed by atoms with Gasteiger partial charge < -0.3 is 19.1 Å². The summed E-state index contributed by atoms with van der Waals surface area (Å²) in [6.07, 6.45) is 4.31. The molecule has 4 rings (SSSR count). The Morgan fingerprint density at radius 3 is 2.40 bits per heavy atom. The Morgan fingerprint density at radius 1 is 1.10 bits per heavy atom. The van der Waals surface area contributed by atoms with Gasteiger partial charge in [-0.3, -0.25) is 24.1 Å². The second-order valence-electron chi connectivity index (χ2n) is 8.99. The second kappa shape index (κ2) is 12.4. The van der Waals surface area contributed by atoms with Crippen molar-refractivity contribution in [3.8, 4) is 11.5 Å². The SMILES string of the molecule is COc1cc(/C=C2\SC(=O)N(CC(=O)N3CCCCC3)C2=O)cc(Br)c1OS(=O)(=O)c1ccc(NC(C)=O)cc1. The van der Waals surface area contributed by atoms with Crippen LogP contribution in [0.1, 0.15) is 31.7 Å². The van der Waals surface area contributed by atoms with Gasteiger partial charge in [-0.15, -0.1) is 0 Å². The number of hydrogen-bond acceptors (Lipinski definition) is 9. The maximum atomic E-state index is 12.9. The molecule has 2 saturated heterocycles. The van der Waals surface area contributed by atoms with Crippen molar-refractivity contribution < 1.29 is 36.5 Å². The molecule has 11 nitrogen and oxygen atoms in total. The van der Waals surface area contributed by atoms with Gasteiger partial charge in [-0.1, -0.05) is 0 Å². The lowest BCUT2D eigenvalue weighted by Crippen LogP contribution is -2.44. The normalized spacial score (nSPS) is 16.8. The lowest BCUT2D eigenvalue weighted by atomic mass is 10.1. The Morgan fingerprint density at radius 2 is 1.77 bits per heavy atom. The molecule has 0 aromatic heterocycles. The molecular weight excluding hydrogens is 626 g/mol. The van der Waals surface area contributed by atoms with Crippen LogP contribution in [0.2, 0.25) is 0 Å². The largest absolute Gasteiger partial charge is 0.493 e. The molecule has 2 aromatic rings. The predicted octanol–water partition coefficient (Wildman–Crippen LogP) is 4.23. The van der Waals surface area contributed by atoms with Gasteiger partial charge in [-0.25, -0.2) is 0 Å². The van der Waals surface area contributed by atoms with E-state index in [0.29, 0.717) is 24.3 Å². The number of nitrogens with one attached hydrogen (secondary N) is 1. The summed E-state index contributed by atoms with van der Waals surface area (Å²) in [7, 11) is -2.95. The number of hydrogen-bond donors (Lipinski definition) is 1. The smallest absolute Gasteiger partial charge is 0.339 e. The second-order valence-corrected chi connectivity index (χ2v) is 12.4. The molecule has 4 amide bonds. The van der Waals surface area contributed by atoms with Gasteiger partial charge in [0, 0.05) is 25.7 Å². The van der Waals surface area contributed by atoms with Gasteiger partial charge in [0.1, 0.15) is 11.4 Å². The van der Waals surface area contributed by atoms with Crippen LogP contribution in [0, 0.1) is 0 Å². The first kappa shape index (κ1) is 29.6. The fourth-order valence-corrected chi connectivity index (χ4v) is 6.58. The van der Waals surface area contributed by atoms with Crippen LogP contribution in [-0.4, -0.2) is 67.9 Å². The number of nitrogens with zero attached hydrogens (tertiary/aromatic N) is 2. The molecular formula is C26H26BrN3O8S2. The first-order valence-corrected chi connectivity index (χ1v) is 15.2. The molecule has 2 fully saturated rings. The Labute approximate surface area is 244 Å². The number of methoxy groups -OCH3 is 1. The summed E-state index contributed by atoms with van der Waals surface area (Å²) in [6, 6.07) is 8.42. The molecule has 212 valence electrons. The molecule has 0 atom stereocenters. The van der Waals surface area contributed by atoms with Crippen molar-refractivity contribution in [2.45, 2.75) is 31.1 Å². The van der Waals surface area contributed by atoms with E-state index in [4.69, 9.17) is 8.92 Å². The van der Waals surface area contributed by atoms with Gasteiger partial charge in [0.2, 0.25) is 11.8 Å². The van der Waals surface area contributed by atoms with Crippen LogP contribution in [0.3, 0.4) is 0 Å². The fraction of sp³-hybridized carbons (Fsp3) is 0.308. The standard InChI is InChI=1S/C26H26BrN3O8S2/c1-16(31)28-18-6-8-19(9-7-18)40(35,36)38-24-20(27)12-17(13-21(24)37-2)14-22-25(33)30(26(34)39-22)15-23(32)29-10-4-3-5-11-29/h6-9,12-14H,3-5,10-11,15H2,1-2H3,(H,28,31)/b22-14-. The van der Waals surface area contributed by atoms with Crippen LogP contribution < -0.4 is 14.2 Å². The van der Waals surface area contributed by atoms with E-state index >= 15 is 0 Å².